The van der Waals surface area contributed by atoms with Gasteiger partial charge in [-0.3, -0.25) is 0 Å². The fourth-order valence-corrected chi connectivity index (χ4v) is 8.11. The second-order valence-corrected chi connectivity index (χ2v) is 13.6. The first-order valence-corrected chi connectivity index (χ1v) is 18.2. The van der Waals surface area contributed by atoms with Crippen molar-refractivity contribution in [1.29, 1.82) is 0 Å². The summed E-state index contributed by atoms with van der Waals surface area (Å²) in [7, 11) is 0. The molecular formula is C49H31N5. The van der Waals surface area contributed by atoms with Crippen LogP contribution >= 0.6 is 0 Å². The van der Waals surface area contributed by atoms with Crippen molar-refractivity contribution in [1.82, 2.24) is 24.1 Å². The predicted octanol–water partition coefficient (Wildman–Crippen LogP) is 12.2. The molecule has 0 N–H and O–H groups in total. The number of fused-ring (bicyclic) bond motifs is 9. The molecule has 54 heavy (non-hydrogen) atoms. The highest BCUT2D eigenvalue weighted by Gasteiger charge is 2.22. The maximum Gasteiger partial charge on any atom is 0.164 e. The fourth-order valence-electron chi connectivity index (χ4n) is 8.11. The van der Waals surface area contributed by atoms with Crippen LogP contribution in [-0.2, 0) is 0 Å². The van der Waals surface area contributed by atoms with Gasteiger partial charge in [-0.15, -0.1) is 0 Å². The standard InChI is InChI=1S/C49H31N5/c1-4-15-33(16-5-1)47-50-48(34-17-6-2-7-18-34)52-49(51-47)35-24-27-37(28-25-35)53-43-23-13-12-22-39(43)40-30-31-42-41-29-26-32-14-10-11-21-38(32)44(41)54(46(42)45(40)53)36-19-8-3-9-20-36/h1-31H. The van der Waals surface area contributed by atoms with E-state index in [9.17, 15) is 0 Å². The van der Waals surface area contributed by atoms with Gasteiger partial charge in [-0.1, -0.05) is 146 Å². The molecule has 11 rings (SSSR count). The van der Waals surface area contributed by atoms with Crippen LogP contribution in [0.3, 0.4) is 0 Å². The largest absolute Gasteiger partial charge is 0.307 e. The molecule has 8 aromatic carbocycles. The van der Waals surface area contributed by atoms with E-state index >= 15 is 0 Å². The van der Waals surface area contributed by atoms with Crippen molar-refractivity contribution in [2.75, 3.05) is 0 Å². The minimum Gasteiger partial charge on any atom is -0.307 e. The fraction of sp³-hybridized carbons (Fsp3) is 0. The van der Waals surface area contributed by atoms with Crippen LogP contribution in [0.2, 0.25) is 0 Å². The molecule has 0 saturated heterocycles. The Morgan fingerprint density at radius 3 is 1.37 bits per heavy atom. The van der Waals surface area contributed by atoms with Crippen LogP contribution in [0.15, 0.2) is 188 Å². The average Bonchev–Trinajstić information content (AvgIpc) is 3.78. The van der Waals surface area contributed by atoms with Crippen molar-refractivity contribution in [3.05, 3.63) is 188 Å². The lowest BCUT2D eigenvalue weighted by molar-refractivity contribution is 1.07. The van der Waals surface area contributed by atoms with Gasteiger partial charge in [-0.2, -0.15) is 0 Å². The third-order valence-electron chi connectivity index (χ3n) is 10.5. The maximum absolute atomic E-state index is 4.99. The Bertz CT molecular complexity index is 3120. The number of nitrogens with zero attached hydrogens (tertiary/aromatic N) is 5. The highest BCUT2D eigenvalue weighted by molar-refractivity contribution is 6.26. The lowest BCUT2D eigenvalue weighted by atomic mass is 10.0. The van der Waals surface area contributed by atoms with Crippen LogP contribution in [0.1, 0.15) is 0 Å². The molecule has 0 bridgehead atoms. The van der Waals surface area contributed by atoms with E-state index in [1.165, 1.54) is 48.9 Å². The Hall–Kier alpha value is -7.37. The molecule has 3 heterocycles. The third kappa shape index (κ3) is 4.69. The van der Waals surface area contributed by atoms with Crippen molar-refractivity contribution >= 4 is 54.4 Å². The van der Waals surface area contributed by atoms with Gasteiger partial charge in [-0.05, 0) is 47.9 Å². The molecular weight excluding hydrogens is 659 g/mol. The third-order valence-corrected chi connectivity index (χ3v) is 10.5. The summed E-state index contributed by atoms with van der Waals surface area (Å²) < 4.78 is 4.90. The number of rotatable bonds is 5. The molecule has 11 aromatic rings. The van der Waals surface area contributed by atoms with E-state index in [-0.39, 0.29) is 0 Å². The van der Waals surface area contributed by atoms with Gasteiger partial charge in [0.15, 0.2) is 17.5 Å². The molecule has 3 aromatic heterocycles. The normalized spacial score (nSPS) is 11.7. The molecule has 0 fully saturated rings. The van der Waals surface area contributed by atoms with Crippen molar-refractivity contribution in [3.63, 3.8) is 0 Å². The topological polar surface area (TPSA) is 48.5 Å². The van der Waals surface area contributed by atoms with Crippen molar-refractivity contribution < 1.29 is 0 Å². The van der Waals surface area contributed by atoms with Crippen molar-refractivity contribution in [2.45, 2.75) is 0 Å². The Morgan fingerprint density at radius 2 is 0.722 bits per heavy atom. The van der Waals surface area contributed by atoms with Crippen molar-refractivity contribution in [3.8, 4) is 45.5 Å². The van der Waals surface area contributed by atoms with Crippen LogP contribution < -0.4 is 0 Å². The summed E-state index contributed by atoms with van der Waals surface area (Å²) in [4.78, 5) is 14.9. The zero-order valence-corrected chi connectivity index (χ0v) is 29.1. The summed E-state index contributed by atoms with van der Waals surface area (Å²) in [5.74, 6) is 1.93. The molecule has 0 spiro atoms. The quantitative estimate of drug-likeness (QED) is 0.181. The lowest BCUT2D eigenvalue weighted by Gasteiger charge is -2.14. The molecule has 252 valence electrons. The first kappa shape index (κ1) is 30.3. The van der Waals surface area contributed by atoms with Crippen LogP contribution in [0.25, 0.3) is 99.9 Å². The first-order chi connectivity index (χ1) is 26.8. The molecule has 0 aliphatic rings. The first-order valence-electron chi connectivity index (χ1n) is 18.2. The highest BCUT2D eigenvalue weighted by Crippen LogP contribution is 2.43. The van der Waals surface area contributed by atoms with E-state index in [4.69, 9.17) is 15.0 Å². The predicted molar refractivity (Wildman–Crippen MR) is 222 cm³/mol. The van der Waals surface area contributed by atoms with Gasteiger partial charge in [0.2, 0.25) is 0 Å². The number of hydrogen-bond acceptors (Lipinski definition) is 3. The smallest absolute Gasteiger partial charge is 0.164 e. The molecule has 0 aliphatic heterocycles. The zero-order valence-electron chi connectivity index (χ0n) is 29.1. The van der Waals surface area contributed by atoms with E-state index in [1.807, 2.05) is 60.7 Å². The summed E-state index contributed by atoms with van der Waals surface area (Å²) in [5, 5.41) is 7.34. The monoisotopic (exact) mass is 689 g/mol. The minimum absolute atomic E-state index is 0.634. The van der Waals surface area contributed by atoms with Gasteiger partial charge in [0.25, 0.3) is 0 Å². The van der Waals surface area contributed by atoms with Crippen LogP contribution in [0, 0.1) is 0 Å². The molecule has 0 amide bonds. The second kappa shape index (κ2) is 12.1. The highest BCUT2D eigenvalue weighted by atomic mass is 15.1. The molecule has 0 saturated carbocycles. The summed E-state index contributed by atoms with van der Waals surface area (Å²) in [6.07, 6.45) is 0. The van der Waals surface area contributed by atoms with Crippen LogP contribution in [0.4, 0.5) is 0 Å². The molecule has 5 heteroatoms. The number of benzene rings is 8. The van der Waals surface area contributed by atoms with E-state index in [0.29, 0.717) is 17.5 Å². The Morgan fingerprint density at radius 1 is 0.278 bits per heavy atom. The summed E-state index contributed by atoms with van der Waals surface area (Å²) in [6, 6.07) is 66.2. The summed E-state index contributed by atoms with van der Waals surface area (Å²) in [5.41, 5.74) is 9.74. The van der Waals surface area contributed by atoms with Gasteiger partial charge >= 0.3 is 0 Å². The Balaban J connectivity index is 1.17. The Kier molecular flexibility index (Phi) is 6.79. The van der Waals surface area contributed by atoms with E-state index in [0.717, 1.165) is 33.6 Å². The SMILES string of the molecule is c1ccc(-c2nc(-c3ccccc3)nc(-c3ccc(-n4c5ccccc5c5ccc6c7ccc8ccccc8c7n(-c7ccccc7)c6c54)cc3)n2)cc1. The van der Waals surface area contributed by atoms with Crippen LogP contribution in [0.5, 0.6) is 0 Å². The summed E-state index contributed by atoms with van der Waals surface area (Å²) in [6.45, 7) is 0. The van der Waals surface area contributed by atoms with Crippen molar-refractivity contribution in [2.24, 2.45) is 0 Å². The van der Waals surface area contributed by atoms with E-state index in [1.54, 1.807) is 0 Å². The maximum atomic E-state index is 4.99. The molecule has 0 unspecified atom stereocenters. The zero-order chi connectivity index (χ0) is 35.6. The van der Waals surface area contributed by atoms with Gasteiger partial charge in [0.1, 0.15) is 0 Å². The van der Waals surface area contributed by atoms with Gasteiger partial charge in [-0.25, -0.2) is 15.0 Å². The molecule has 5 nitrogen and oxygen atoms in total. The van der Waals surface area contributed by atoms with E-state index in [2.05, 4.69) is 137 Å². The number of hydrogen-bond donors (Lipinski definition) is 0. The lowest BCUT2D eigenvalue weighted by Crippen LogP contribution is -2.01. The molecule has 0 aliphatic carbocycles. The molecule has 0 atom stereocenters. The van der Waals surface area contributed by atoms with Crippen LogP contribution in [-0.4, -0.2) is 24.1 Å². The van der Waals surface area contributed by atoms with Gasteiger partial charge in [0, 0.05) is 55.0 Å². The van der Waals surface area contributed by atoms with Gasteiger partial charge < -0.3 is 9.13 Å². The van der Waals surface area contributed by atoms with E-state index < -0.39 is 0 Å². The average molecular weight is 690 g/mol. The second-order valence-electron chi connectivity index (χ2n) is 13.6. The Labute approximate surface area is 311 Å². The minimum atomic E-state index is 0.634. The number of aromatic nitrogens is 5. The van der Waals surface area contributed by atoms with Gasteiger partial charge in [0.05, 0.1) is 22.1 Å². The summed E-state index contributed by atoms with van der Waals surface area (Å²) >= 11 is 0. The molecule has 0 radical (unpaired) electrons. The number of para-hydroxylation sites is 2.